The molecule has 0 fully saturated rings. The van der Waals surface area contributed by atoms with Crippen molar-refractivity contribution in [3.63, 3.8) is 0 Å². The van der Waals surface area contributed by atoms with Crippen molar-refractivity contribution in [2.75, 3.05) is 0 Å². The van der Waals surface area contributed by atoms with Crippen molar-refractivity contribution in [2.45, 2.75) is 25.8 Å². The number of nitrogens with zero attached hydrogens (tertiary/aromatic N) is 3. The molecule has 0 bridgehead atoms. The summed E-state index contributed by atoms with van der Waals surface area (Å²) in [7, 11) is 1.91. The number of thiazole rings is 1. The van der Waals surface area contributed by atoms with Crippen LogP contribution in [0.15, 0.2) is 48.1 Å². The largest absolute Gasteiger partial charge is 0.343 e. The van der Waals surface area contributed by atoms with E-state index in [1.165, 1.54) is 0 Å². The number of carbonyl (C=O) groups excluding carboxylic acids is 1. The van der Waals surface area contributed by atoms with Gasteiger partial charge < -0.3 is 5.32 Å². The van der Waals surface area contributed by atoms with E-state index in [-0.39, 0.29) is 11.9 Å². The predicted octanol–water partition coefficient (Wildman–Crippen LogP) is 3.02. The Morgan fingerprint density at radius 3 is 2.75 bits per heavy atom. The van der Waals surface area contributed by atoms with Crippen LogP contribution in [-0.2, 0) is 18.3 Å². The highest BCUT2D eigenvalue weighted by atomic mass is 32.1. The summed E-state index contributed by atoms with van der Waals surface area (Å²) in [6.45, 7) is 2.02. The van der Waals surface area contributed by atoms with Gasteiger partial charge in [0, 0.05) is 30.7 Å². The summed E-state index contributed by atoms with van der Waals surface area (Å²) in [6.07, 6.45) is 4.71. The van der Waals surface area contributed by atoms with E-state index in [0.717, 1.165) is 21.8 Å². The third-order valence-electron chi connectivity index (χ3n) is 4.09. The predicted molar refractivity (Wildman–Crippen MR) is 94.8 cm³/mol. The zero-order valence-electron chi connectivity index (χ0n) is 13.8. The van der Waals surface area contributed by atoms with E-state index >= 15 is 0 Å². The highest BCUT2D eigenvalue weighted by Gasteiger charge is 2.19. The lowest BCUT2D eigenvalue weighted by Gasteiger charge is -2.17. The second-order valence-electron chi connectivity index (χ2n) is 5.66. The first-order chi connectivity index (χ1) is 11.6. The molecule has 0 aliphatic carbocycles. The second-order valence-corrected chi connectivity index (χ2v) is 6.59. The maximum absolute atomic E-state index is 12.5. The van der Waals surface area contributed by atoms with Gasteiger partial charge in [0.05, 0.1) is 6.20 Å². The lowest BCUT2D eigenvalue weighted by molar-refractivity contribution is -0.121. The summed E-state index contributed by atoms with van der Waals surface area (Å²) in [5.41, 5.74) is 3.25. The molecule has 0 saturated carbocycles. The van der Waals surface area contributed by atoms with Gasteiger partial charge in [-0.05, 0) is 24.5 Å². The standard InChI is InChI=1S/C18H20N4OS/c1-13-15(12-20-22(13)2)8-9-16(23)21-17(18-19-10-11-24-18)14-6-4-3-5-7-14/h3-7,10-12,17H,8-9H2,1-2H3,(H,21,23). The van der Waals surface area contributed by atoms with Crippen molar-refractivity contribution in [2.24, 2.45) is 7.05 Å². The van der Waals surface area contributed by atoms with Crippen molar-refractivity contribution in [3.8, 4) is 0 Å². The quantitative estimate of drug-likeness (QED) is 0.750. The van der Waals surface area contributed by atoms with Gasteiger partial charge in [-0.1, -0.05) is 30.3 Å². The fourth-order valence-corrected chi connectivity index (χ4v) is 3.30. The van der Waals surface area contributed by atoms with Gasteiger partial charge in [-0.15, -0.1) is 11.3 Å². The molecule has 3 aromatic rings. The molecule has 0 aliphatic heterocycles. The Kier molecular flexibility index (Phi) is 5.05. The molecule has 24 heavy (non-hydrogen) atoms. The van der Waals surface area contributed by atoms with Crippen molar-refractivity contribution < 1.29 is 4.79 Å². The number of benzene rings is 1. The Morgan fingerprint density at radius 2 is 2.12 bits per heavy atom. The van der Waals surface area contributed by atoms with Crippen molar-refractivity contribution in [1.82, 2.24) is 20.1 Å². The molecule has 0 radical (unpaired) electrons. The number of rotatable bonds is 6. The molecule has 1 N–H and O–H groups in total. The van der Waals surface area contributed by atoms with Crippen molar-refractivity contribution >= 4 is 17.2 Å². The number of amides is 1. The Morgan fingerprint density at radius 1 is 1.33 bits per heavy atom. The Labute approximate surface area is 145 Å². The molecule has 1 atom stereocenters. The molecular formula is C18H20N4OS. The topological polar surface area (TPSA) is 59.8 Å². The number of aromatic nitrogens is 3. The number of carbonyl (C=O) groups is 1. The third kappa shape index (κ3) is 3.71. The summed E-state index contributed by atoms with van der Waals surface area (Å²) in [5, 5.41) is 10.2. The number of hydrogen-bond donors (Lipinski definition) is 1. The first kappa shape index (κ1) is 16.4. The molecule has 5 nitrogen and oxygen atoms in total. The minimum absolute atomic E-state index is 0.0160. The van der Waals surface area contributed by atoms with Crippen LogP contribution in [0.4, 0.5) is 0 Å². The fourth-order valence-electron chi connectivity index (χ4n) is 2.58. The molecular weight excluding hydrogens is 320 g/mol. The smallest absolute Gasteiger partial charge is 0.221 e. The first-order valence-corrected chi connectivity index (χ1v) is 8.74. The van der Waals surface area contributed by atoms with E-state index in [4.69, 9.17) is 0 Å². The maximum Gasteiger partial charge on any atom is 0.221 e. The van der Waals surface area contributed by atoms with E-state index in [1.807, 2.05) is 60.6 Å². The van der Waals surface area contributed by atoms with Crippen LogP contribution in [0.2, 0.25) is 0 Å². The van der Waals surface area contributed by atoms with Crippen molar-refractivity contribution in [1.29, 1.82) is 0 Å². The van der Waals surface area contributed by atoms with E-state index in [1.54, 1.807) is 17.5 Å². The molecule has 1 aromatic carbocycles. The number of nitrogens with one attached hydrogen (secondary N) is 1. The maximum atomic E-state index is 12.5. The molecule has 0 aliphatic rings. The average Bonchev–Trinajstić information content (AvgIpc) is 3.23. The minimum atomic E-state index is -0.200. The summed E-state index contributed by atoms with van der Waals surface area (Å²) in [4.78, 5) is 16.8. The van der Waals surface area contributed by atoms with E-state index < -0.39 is 0 Å². The molecule has 3 rings (SSSR count). The monoisotopic (exact) mass is 340 g/mol. The highest BCUT2D eigenvalue weighted by molar-refractivity contribution is 7.09. The molecule has 124 valence electrons. The van der Waals surface area contributed by atoms with Crippen LogP contribution in [0.3, 0.4) is 0 Å². The number of aryl methyl sites for hydroxylation is 2. The molecule has 0 saturated heterocycles. The lowest BCUT2D eigenvalue weighted by Crippen LogP contribution is -2.29. The van der Waals surface area contributed by atoms with E-state index in [9.17, 15) is 4.79 Å². The Balaban J connectivity index is 1.69. The van der Waals surface area contributed by atoms with Gasteiger partial charge in [-0.25, -0.2) is 4.98 Å². The molecule has 2 aromatic heterocycles. The van der Waals surface area contributed by atoms with Gasteiger partial charge in [-0.3, -0.25) is 9.48 Å². The Bertz CT molecular complexity index is 796. The normalized spacial score (nSPS) is 12.1. The molecule has 2 heterocycles. The summed E-state index contributed by atoms with van der Waals surface area (Å²) < 4.78 is 1.83. The van der Waals surface area contributed by atoms with Crippen molar-refractivity contribution in [3.05, 3.63) is 69.9 Å². The van der Waals surface area contributed by atoms with Gasteiger partial charge in [0.25, 0.3) is 0 Å². The average molecular weight is 340 g/mol. The third-order valence-corrected chi connectivity index (χ3v) is 4.94. The zero-order chi connectivity index (χ0) is 16.9. The minimum Gasteiger partial charge on any atom is -0.343 e. The SMILES string of the molecule is Cc1c(CCC(=O)NC(c2ccccc2)c2nccs2)cnn1C. The number of hydrogen-bond acceptors (Lipinski definition) is 4. The van der Waals surface area contributed by atoms with Crippen LogP contribution in [-0.4, -0.2) is 20.7 Å². The zero-order valence-corrected chi connectivity index (χ0v) is 14.6. The van der Waals surface area contributed by atoms with Crippen LogP contribution in [0.5, 0.6) is 0 Å². The summed E-state index contributed by atoms with van der Waals surface area (Å²) in [6, 6.07) is 9.74. The molecule has 1 amide bonds. The summed E-state index contributed by atoms with van der Waals surface area (Å²) >= 11 is 1.55. The fraction of sp³-hybridized carbons (Fsp3) is 0.278. The molecule has 0 spiro atoms. The van der Waals surface area contributed by atoms with Gasteiger partial charge in [0.2, 0.25) is 5.91 Å². The highest BCUT2D eigenvalue weighted by Crippen LogP contribution is 2.24. The van der Waals surface area contributed by atoms with Gasteiger partial charge in [-0.2, -0.15) is 5.10 Å². The summed E-state index contributed by atoms with van der Waals surface area (Å²) in [5.74, 6) is 0.0160. The van der Waals surface area contributed by atoms with Gasteiger partial charge in [0.15, 0.2) is 0 Å². The second kappa shape index (κ2) is 7.40. The first-order valence-electron chi connectivity index (χ1n) is 7.86. The van der Waals surface area contributed by atoms with Gasteiger partial charge in [0.1, 0.15) is 11.0 Å². The lowest BCUT2D eigenvalue weighted by atomic mass is 10.1. The van der Waals surface area contributed by atoms with E-state index in [2.05, 4.69) is 15.4 Å². The van der Waals surface area contributed by atoms with Crippen LogP contribution in [0.25, 0.3) is 0 Å². The molecule has 1 unspecified atom stereocenters. The van der Waals surface area contributed by atoms with Gasteiger partial charge >= 0.3 is 0 Å². The Hall–Kier alpha value is -2.47. The van der Waals surface area contributed by atoms with Crippen LogP contribution in [0, 0.1) is 6.92 Å². The van der Waals surface area contributed by atoms with Crippen LogP contribution in [0.1, 0.15) is 34.3 Å². The van der Waals surface area contributed by atoms with Crippen LogP contribution >= 0.6 is 11.3 Å². The van der Waals surface area contributed by atoms with Crippen LogP contribution < -0.4 is 5.32 Å². The molecule has 6 heteroatoms. The van der Waals surface area contributed by atoms with E-state index in [0.29, 0.717) is 12.8 Å².